The lowest BCUT2D eigenvalue weighted by Gasteiger charge is -2.21. The van der Waals surface area contributed by atoms with Crippen LogP contribution in [0.3, 0.4) is 0 Å². The summed E-state index contributed by atoms with van der Waals surface area (Å²) in [4.78, 5) is 0. The van der Waals surface area contributed by atoms with Gasteiger partial charge >= 0.3 is 0 Å². The summed E-state index contributed by atoms with van der Waals surface area (Å²) in [7, 11) is 1.71. The smallest absolute Gasteiger partial charge is 0.125 e. The normalized spacial score (nSPS) is 22.8. The first-order valence-corrected chi connectivity index (χ1v) is 7.12. The van der Waals surface area contributed by atoms with Gasteiger partial charge in [-0.3, -0.25) is 0 Å². The van der Waals surface area contributed by atoms with Crippen LogP contribution >= 0.6 is 11.6 Å². The number of hydrogen-bond acceptors (Lipinski definition) is 2. The third-order valence-corrected chi connectivity index (χ3v) is 4.24. The van der Waals surface area contributed by atoms with Crippen molar-refractivity contribution >= 4 is 22.4 Å². The van der Waals surface area contributed by atoms with Gasteiger partial charge in [-0.1, -0.05) is 30.3 Å². The molecule has 0 radical (unpaired) electrons. The molecular weight excluding hydrogens is 260 g/mol. The largest absolute Gasteiger partial charge is 0.496 e. The molecule has 2 nitrogen and oxygen atoms in total. The van der Waals surface area contributed by atoms with Gasteiger partial charge < -0.3 is 9.47 Å². The molecule has 0 N–H and O–H groups in total. The van der Waals surface area contributed by atoms with Gasteiger partial charge in [0, 0.05) is 24.0 Å². The maximum absolute atomic E-state index is 6.08. The number of rotatable bonds is 3. The van der Waals surface area contributed by atoms with E-state index in [9.17, 15) is 0 Å². The van der Waals surface area contributed by atoms with Crippen molar-refractivity contribution in [2.75, 3.05) is 19.6 Å². The van der Waals surface area contributed by atoms with E-state index in [1.165, 1.54) is 10.8 Å². The van der Waals surface area contributed by atoms with Crippen LogP contribution in [0.4, 0.5) is 0 Å². The molecule has 0 aromatic heterocycles. The maximum atomic E-state index is 6.08. The Morgan fingerprint density at radius 2 is 2.11 bits per heavy atom. The third kappa shape index (κ3) is 2.19. The van der Waals surface area contributed by atoms with Crippen LogP contribution in [0.15, 0.2) is 36.4 Å². The van der Waals surface area contributed by atoms with Crippen molar-refractivity contribution in [1.82, 2.24) is 0 Å². The quantitative estimate of drug-likeness (QED) is 0.784. The van der Waals surface area contributed by atoms with Crippen LogP contribution in [0.1, 0.15) is 18.1 Å². The molecule has 19 heavy (non-hydrogen) atoms. The zero-order valence-electron chi connectivity index (χ0n) is 10.9. The lowest BCUT2D eigenvalue weighted by Crippen LogP contribution is -2.11. The molecular formula is C16H17ClO2. The van der Waals surface area contributed by atoms with Crippen molar-refractivity contribution in [3.8, 4) is 5.75 Å². The molecule has 0 saturated carbocycles. The molecule has 0 aliphatic carbocycles. The molecule has 0 amide bonds. The molecule has 0 bridgehead atoms. The molecule has 1 fully saturated rings. The van der Waals surface area contributed by atoms with Gasteiger partial charge in [-0.05, 0) is 23.3 Å². The number of methoxy groups -OCH3 is 1. The number of halogens is 1. The predicted molar refractivity (Wildman–Crippen MR) is 78.0 cm³/mol. The molecule has 3 rings (SSSR count). The van der Waals surface area contributed by atoms with Gasteiger partial charge in [0.05, 0.1) is 13.2 Å². The fraction of sp³-hybridized carbons (Fsp3) is 0.375. The SMILES string of the molecule is COc1ccc2ccccc2c1C1OCCC1CCl. The molecule has 2 unspecified atom stereocenters. The van der Waals surface area contributed by atoms with Gasteiger partial charge in [0.25, 0.3) is 0 Å². The molecule has 1 aliphatic heterocycles. The van der Waals surface area contributed by atoms with E-state index in [2.05, 4.69) is 24.3 Å². The molecule has 3 heteroatoms. The van der Waals surface area contributed by atoms with Crippen molar-refractivity contribution in [1.29, 1.82) is 0 Å². The van der Waals surface area contributed by atoms with Gasteiger partial charge in [0.15, 0.2) is 0 Å². The molecule has 1 heterocycles. The molecule has 0 spiro atoms. The Balaban J connectivity index is 2.19. The monoisotopic (exact) mass is 276 g/mol. The maximum Gasteiger partial charge on any atom is 0.125 e. The van der Waals surface area contributed by atoms with Crippen LogP contribution in [0.5, 0.6) is 5.75 Å². The highest BCUT2D eigenvalue weighted by molar-refractivity contribution is 6.18. The van der Waals surface area contributed by atoms with Crippen LogP contribution in [0.25, 0.3) is 10.8 Å². The van der Waals surface area contributed by atoms with E-state index in [-0.39, 0.29) is 6.10 Å². The highest BCUT2D eigenvalue weighted by Gasteiger charge is 2.32. The van der Waals surface area contributed by atoms with Crippen molar-refractivity contribution < 1.29 is 9.47 Å². The summed E-state index contributed by atoms with van der Waals surface area (Å²) in [5, 5.41) is 2.41. The second-order valence-corrected chi connectivity index (χ2v) is 5.21. The van der Waals surface area contributed by atoms with E-state index in [1.54, 1.807) is 7.11 Å². The standard InChI is InChI=1S/C16H17ClO2/c1-18-14-7-6-11-4-2-3-5-13(11)15(14)16-12(10-17)8-9-19-16/h2-7,12,16H,8-10H2,1H3. The van der Waals surface area contributed by atoms with E-state index in [0.717, 1.165) is 24.3 Å². The summed E-state index contributed by atoms with van der Waals surface area (Å²) in [5.74, 6) is 1.87. The topological polar surface area (TPSA) is 18.5 Å². The van der Waals surface area contributed by atoms with Gasteiger partial charge in [-0.15, -0.1) is 11.6 Å². The zero-order valence-corrected chi connectivity index (χ0v) is 11.7. The van der Waals surface area contributed by atoms with E-state index in [4.69, 9.17) is 21.1 Å². The minimum Gasteiger partial charge on any atom is -0.496 e. The Morgan fingerprint density at radius 1 is 1.26 bits per heavy atom. The van der Waals surface area contributed by atoms with Crippen LogP contribution in [-0.2, 0) is 4.74 Å². The minimum atomic E-state index is 0.0403. The minimum absolute atomic E-state index is 0.0403. The van der Waals surface area contributed by atoms with Gasteiger partial charge in [-0.25, -0.2) is 0 Å². The second kappa shape index (κ2) is 5.40. The number of ether oxygens (including phenoxy) is 2. The summed E-state index contributed by atoms with van der Waals surface area (Å²) in [6, 6.07) is 12.4. The Hall–Kier alpha value is -1.25. The molecule has 1 aliphatic rings. The first-order chi connectivity index (χ1) is 9.35. The van der Waals surface area contributed by atoms with Crippen molar-refractivity contribution in [3.63, 3.8) is 0 Å². The summed E-state index contributed by atoms with van der Waals surface area (Å²) < 4.78 is 11.5. The Labute approximate surface area is 118 Å². The molecule has 2 aromatic rings. The van der Waals surface area contributed by atoms with Gasteiger partial charge in [-0.2, -0.15) is 0 Å². The Morgan fingerprint density at radius 3 is 2.89 bits per heavy atom. The zero-order chi connectivity index (χ0) is 13.2. The van der Waals surface area contributed by atoms with Gasteiger partial charge in [0.2, 0.25) is 0 Å². The summed E-state index contributed by atoms with van der Waals surface area (Å²) >= 11 is 6.08. The fourth-order valence-electron chi connectivity index (χ4n) is 2.86. The van der Waals surface area contributed by atoms with Crippen molar-refractivity contribution in [3.05, 3.63) is 42.0 Å². The lowest BCUT2D eigenvalue weighted by molar-refractivity contribution is 0.0941. The number of alkyl halides is 1. The third-order valence-electron chi connectivity index (χ3n) is 3.85. The molecule has 1 saturated heterocycles. The highest BCUT2D eigenvalue weighted by atomic mass is 35.5. The first kappa shape index (κ1) is 12.8. The molecule has 2 aromatic carbocycles. The predicted octanol–water partition coefficient (Wildman–Crippen LogP) is 4.16. The van der Waals surface area contributed by atoms with Gasteiger partial charge in [0.1, 0.15) is 5.75 Å². The molecule has 100 valence electrons. The fourth-order valence-corrected chi connectivity index (χ4v) is 3.17. The average Bonchev–Trinajstić information content (AvgIpc) is 2.94. The summed E-state index contributed by atoms with van der Waals surface area (Å²) in [6.45, 7) is 0.772. The van der Waals surface area contributed by atoms with E-state index < -0.39 is 0 Å². The summed E-state index contributed by atoms with van der Waals surface area (Å²) in [6.07, 6.45) is 1.05. The van der Waals surface area contributed by atoms with Crippen molar-refractivity contribution in [2.45, 2.75) is 12.5 Å². The number of benzene rings is 2. The second-order valence-electron chi connectivity index (χ2n) is 4.90. The van der Waals surface area contributed by atoms with Crippen LogP contribution in [-0.4, -0.2) is 19.6 Å². The summed E-state index contributed by atoms with van der Waals surface area (Å²) in [5.41, 5.74) is 1.14. The van der Waals surface area contributed by atoms with Crippen LogP contribution < -0.4 is 4.74 Å². The number of hydrogen-bond donors (Lipinski definition) is 0. The van der Waals surface area contributed by atoms with Crippen LogP contribution in [0, 0.1) is 5.92 Å². The Bertz CT molecular complexity index is 582. The lowest BCUT2D eigenvalue weighted by atomic mass is 9.92. The van der Waals surface area contributed by atoms with E-state index in [1.807, 2.05) is 12.1 Å². The van der Waals surface area contributed by atoms with E-state index in [0.29, 0.717) is 11.8 Å². The van der Waals surface area contributed by atoms with Crippen LogP contribution in [0.2, 0.25) is 0 Å². The molecule has 2 atom stereocenters. The number of fused-ring (bicyclic) bond motifs is 1. The average molecular weight is 277 g/mol. The highest BCUT2D eigenvalue weighted by Crippen LogP contribution is 2.43. The first-order valence-electron chi connectivity index (χ1n) is 6.58. The van der Waals surface area contributed by atoms with E-state index >= 15 is 0 Å². The van der Waals surface area contributed by atoms with Crippen molar-refractivity contribution in [2.24, 2.45) is 5.92 Å². The Kier molecular flexibility index (Phi) is 3.63.